The summed E-state index contributed by atoms with van der Waals surface area (Å²) in [6.07, 6.45) is 2.08. The van der Waals surface area contributed by atoms with Crippen molar-refractivity contribution < 1.29 is 4.79 Å². The molecule has 0 radical (unpaired) electrons. The van der Waals surface area contributed by atoms with Gasteiger partial charge in [-0.1, -0.05) is 35.9 Å². The van der Waals surface area contributed by atoms with Gasteiger partial charge in [0.1, 0.15) is 0 Å². The predicted octanol–water partition coefficient (Wildman–Crippen LogP) is 4.04. The van der Waals surface area contributed by atoms with Crippen molar-refractivity contribution in [2.24, 2.45) is 0 Å². The van der Waals surface area contributed by atoms with Gasteiger partial charge in [-0.15, -0.1) is 0 Å². The number of hydrogen-bond donors (Lipinski definition) is 0. The molecule has 1 heterocycles. The van der Waals surface area contributed by atoms with E-state index < -0.39 is 0 Å². The van der Waals surface area contributed by atoms with Crippen LogP contribution in [0.25, 0.3) is 0 Å². The second-order valence-electron chi connectivity index (χ2n) is 6.50. The van der Waals surface area contributed by atoms with Gasteiger partial charge in [0.25, 0.3) is 5.91 Å². The highest BCUT2D eigenvalue weighted by molar-refractivity contribution is 6.06. The van der Waals surface area contributed by atoms with Crippen LogP contribution in [-0.2, 0) is 0 Å². The molecule has 0 aromatic heterocycles. The fourth-order valence-electron chi connectivity index (χ4n) is 3.33. The van der Waals surface area contributed by atoms with Crippen molar-refractivity contribution in [3.63, 3.8) is 0 Å². The van der Waals surface area contributed by atoms with Crippen molar-refractivity contribution in [2.45, 2.75) is 25.8 Å². The van der Waals surface area contributed by atoms with Gasteiger partial charge in [-0.05, 0) is 57.6 Å². The molecule has 0 saturated carbocycles. The maximum atomic E-state index is 13.0. The Morgan fingerprint density at radius 3 is 2.48 bits per heavy atom. The largest absolute Gasteiger partial charge is 0.308 e. The van der Waals surface area contributed by atoms with Gasteiger partial charge < -0.3 is 9.80 Å². The molecular formula is C20H24N2O. The summed E-state index contributed by atoms with van der Waals surface area (Å²) in [5.74, 6) is 0.0943. The van der Waals surface area contributed by atoms with Crippen LogP contribution in [-0.4, -0.2) is 31.4 Å². The van der Waals surface area contributed by atoms with E-state index in [1.165, 1.54) is 11.1 Å². The van der Waals surface area contributed by atoms with E-state index in [2.05, 4.69) is 37.2 Å². The third-order valence-corrected chi connectivity index (χ3v) is 4.61. The molecule has 1 atom stereocenters. The number of aryl methyl sites for hydroxylation is 1. The third-order valence-electron chi connectivity index (χ3n) is 4.61. The summed E-state index contributed by atoms with van der Waals surface area (Å²) in [6.45, 7) is 2.81. The van der Waals surface area contributed by atoms with Crippen LogP contribution in [0.3, 0.4) is 0 Å². The van der Waals surface area contributed by atoms with Crippen LogP contribution in [0.4, 0.5) is 5.69 Å². The van der Waals surface area contributed by atoms with Crippen LogP contribution >= 0.6 is 0 Å². The van der Waals surface area contributed by atoms with Crippen molar-refractivity contribution >= 4 is 11.6 Å². The molecule has 1 aliphatic rings. The number of fused-ring (bicyclic) bond motifs is 1. The lowest BCUT2D eigenvalue weighted by molar-refractivity contribution is 0.0987. The highest BCUT2D eigenvalue weighted by Gasteiger charge is 2.27. The van der Waals surface area contributed by atoms with Gasteiger partial charge in [-0.2, -0.15) is 0 Å². The van der Waals surface area contributed by atoms with Gasteiger partial charge in [0, 0.05) is 23.8 Å². The molecule has 0 N–H and O–H groups in total. The number of anilines is 1. The minimum Gasteiger partial charge on any atom is -0.308 e. The summed E-state index contributed by atoms with van der Waals surface area (Å²) >= 11 is 0. The fraction of sp³-hybridized carbons (Fsp3) is 0.350. The topological polar surface area (TPSA) is 23.6 Å². The van der Waals surface area contributed by atoms with Gasteiger partial charge in [0.2, 0.25) is 0 Å². The summed E-state index contributed by atoms with van der Waals surface area (Å²) in [4.78, 5) is 17.2. The Morgan fingerprint density at radius 2 is 1.78 bits per heavy atom. The van der Waals surface area contributed by atoms with Crippen molar-refractivity contribution in [3.8, 4) is 0 Å². The molecule has 2 aromatic carbocycles. The van der Waals surface area contributed by atoms with Crippen LogP contribution in [0.5, 0.6) is 0 Å². The van der Waals surface area contributed by atoms with Crippen molar-refractivity contribution in [1.29, 1.82) is 0 Å². The Labute approximate surface area is 138 Å². The minimum absolute atomic E-state index is 0.0943. The molecule has 23 heavy (non-hydrogen) atoms. The molecule has 0 spiro atoms. The van der Waals surface area contributed by atoms with E-state index >= 15 is 0 Å². The predicted molar refractivity (Wildman–Crippen MR) is 95.0 cm³/mol. The summed E-state index contributed by atoms with van der Waals surface area (Å²) in [6, 6.07) is 16.5. The Morgan fingerprint density at radius 1 is 1.09 bits per heavy atom. The first kappa shape index (κ1) is 15.8. The van der Waals surface area contributed by atoms with Crippen LogP contribution < -0.4 is 4.90 Å². The monoisotopic (exact) mass is 308 g/mol. The zero-order valence-electron chi connectivity index (χ0n) is 14.1. The lowest BCUT2D eigenvalue weighted by atomic mass is 10.0. The lowest BCUT2D eigenvalue weighted by Crippen LogP contribution is -2.31. The summed E-state index contributed by atoms with van der Waals surface area (Å²) < 4.78 is 0. The molecule has 3 heteroatoms. The van der Waals surface area contributed by atoms with Crippen molar-refractivity contribution in [3.05, 3.63) is 65.2 Å². The average Bonchev–Trinajstić information content (AvgIpc) is 2.74. The van der Waals surface area contributed by atoms with Gasteiger partial charge in [-0.25, -0.2) is 0 Å². The maximum Gasteiger partial charge on any atom is 0.258 e. The number of nitrogens with zero attached hydrogens (tertiary/aromatic N) is 2. The van der Waals surface area contributed by atoms with E-state index in [0.717, 1.165) is 30.6 Å². The molecule has 3 nitrogen and oxygen atoms in total. The molecule has 0 saturated heterocycles. The number of rotatable bonds is 2. The Kier molecular flexibility index (Phi) is 4.49. The van der Waals surface area contributed by atoms with Crippen LogP contribution in [0.1, 0.15) is 40.4 Å². The number of carbonyl (C=O) groups excluding carboxylic acids is 1. The van der Waals surface area contributed by atoms with E-state index in [1.54, 1.807) is 0 Å². The highest BCUT2D eigenvalue weighted by Crippen LogP contribution is 2.36. The first-order chi connectivity index (χ1) is 11.1. The Balaban J connectivity index is 2.00. The molecule has 1 aliphatic heterocycles. The minimum atomic E-state index is 0.0943. The normalized spacial score (nSPS) is 17.7. The van der Waals surface area contributed by atoms with Crippen molar-refractivity contribution in [2.75, 3.05) is 25.5 Å². The molecular weight excluding hydrogens is 284 g/mol. The number of benzene rings is 2. The summed E-state index contributed by atoms with van der Waals surface area (Å²) in [7, 11) is 4.22. The number of hydrogen-bond acceptors (Lipinski definition) is 2. The molecule has 1 amide bonds. The lowest BCUT2D eigenvalue weighted by Gasteiger charge is -2.27. The maximum absolute atomic E-state index is 13.0. The average molecular weight is 308 g/mol. The van der Waals surface area contributed by atoms with Gasteiger partial charge in [0.15, 0.2) is 0 Å². The molecule has 1 unspecified atom stereocenters. The van der Waals surface area contributed by atoms with E-state index in [4.69, 9.17) is 0 Å². The Bertz CT molecular complexity index is 691. The van der Waals surface area contributed by atoms with Crippen LogP contribution in [0, 0.1) is 6.92 Å². The van der Waals surface area contributed by atoms with Crippen molar-refractivity contribution in [1.82, 2.24) is 4.90 Å². The fourth-order valence-corrected chi connectivity index (χ4v) is 3.33. The van der Waals surface area contributed by atoms with Gasteiger partial charge in [0.05, 0.1) is 0 Å². The van der Waals surface area contributed by atoms with E-state index in [-0.39, 0.29) is 5.91 Å². The molecule has 2 aromatic rings. The second kappa shape index (κ2) is 6.55. The van der Waals surface area contributed by atoms with Crippen LogP contribution in [0.15, 0.2) is 48.5 Å². The first-order valence-electron chi connectivity index (χ1n) is 8.22. The molecule has 0 aliphatic carbocycles. The second-order valence-corrected chi connectivity index (χ2v) is 6.50. The molecule has 0 bridgehead atoms. The SMILES string of the molecule is Cc1ccc(C(=O)N2CCCC(N(C)C)c3ccccc32)cc1. The number of para-hydroxylation sites is 1. The zero-order chi connectivity index (χ0) is 16.4. The molecule has 3 rings (SSSR count). The van der Waals surface area contributed by atoms with Crippen LogP contribution in [0.2, 0.25) is 0 Å². The summed E-state index contributed by atoms with van der Waals surface area (Å²) in [5.41, 5.74) is 4.23. The standard InChI is InChI=1S/C20H24N2O/c1-15-10-12-16(13-11-15)20(23)22-14-6-9-18(21(2)3)17-7-4-5-8-19(17)22/h4-5,7-8,10-13,18H,6,9,14H2,1-3H3. The molecule has 120 valence electrons. The quantitative estimate of drug-likeness (QED) is 0.836. The third kappa shape index (κ3) is 3.15. The van der Waals surface area contributed by atoms with E-state index in [1.807, 2.05) is 42.2 Å². The highest BCUT2D eigenvalue weighted by atomic mass is 16.2. The smallest absolute Gasteiger partial charge is 0.258 e. The number of carbonyl (C=O) groups is 1. The molecule has 0 fully saturated rings. The van der Waals surface area contributed by atoms with E-state index in [0.29, 0.717) is 6.04 Å². The van der Waals surface area contributed by atoms with Gasteiger partial charge in [-0.3, -0.25) is 4.79 Å². The number of amides is 1. The van der Waals surface area contributed by atoms with Gasteiger partial charge >= 0.3 is 0 Å². The summed E-state index contributed by atoms with van der Waals surface area (Å²) in [5, 5.41) is 0. The first-order valence-corrected chi connectivity index (χ1v) is 8.22. The Hall–Kier alpha value is -2.13. The zero-order valence-corrected chi connectivity index (χ0v) is 14.1. The van der Waals surface area contributed by atoms with E-state index in [9.17, 15) is 4.79 Å².